The van der Waals surface area contributed by atoms with Gasteiger partial charge in [0, 0.05) is 42.7 Å². The number of ether oxygens (including phenoxy) is 1. The van der Waals surface area contributed by atoms with Gasteiger partial charge >= 0.3 is 5.63 Å². The zero-order valence-corrected chi connectivity index (χ0v) is 15.7. The maximum atomic E-state index is 12.2. The van der Waals surface area contributed by atoms with E-state index in [1.54, 1.807) is 6.07 Å². The molecule has 0 radical (unpaired) electrons. The second-order valence-corrected chi connectivity index (χ2v) is 7.50. The molecule has 2 aromatic rings. The molecule has 27 heavy (non-hydrogen) atoms. The van der Waals surface area contributed by atoms with E-state index in [4.69, 9.17) is 9.15 Å². The lowest BCUT2D eigenvalue weighted by atomic mass is 10.0. The van der Waals surface area contributed by atoms with E-state index in [-0.39, 0.29) is 24.2 Å². The third-order valence-electron chi connectivity index (χ3n) is 5.51. The molecule has 1 N–H and O–H groups in total. The summed E-state index contributed by atoms with van der Waals surface area (Å²) in [5.41, 5.74) is 1.07. The quantitative estimate of drug-likeness (QED) is 0.791. The van der Waals surface area contributed by atoms with Crippen molar-refractivity contribution < 1.29 is 13.9 Å². The van der Waals surface area contributed by atoms with Crippen LogP contribution in [0.1, 0.15) is 38.2 Å². The molecule has 6 heteroatoms. The average Bonchev–Trinajstić information content (AvgIpc) is 3.51. The highest BCUT2D eigenvalue weighted by Gasteiger charge is 2.32. The van der Waals surface area contributed by atoms with Gasteiger partial charge in [-0.25, -0.2) is 4.79 Å². The minimum atomic E-state index is -0.369. The molecule has 144 valence electrons. The molecule has 0 spiro atoms. The Balaban J connectivity index is 1.31. The number of amides is 1. The number of fused-ring (bicyclic) bond motifs is 1. The van der Waals surface area contributed by atoms with Crippen molar-refractivity contribution in [1.82, 2.24) is 10.2 Å². The lowest BCUT2D eigenvalue weighted by Crippen LogP contribution is -2.46. The lowest BCUT2D eigenvalue weighted by Gasteiger charge is -2.32. The Morgan fingerprint density at radius 2 is 2.00 bits per heavy atom. The van der Waals surface area contributed by atoms with Gasteiger partial charge in [0.1, 0.15) is 11.3 Å². The maximum Gasteiger partial charge on any atom is 0.336 e. The van der Waals surface area contributed by atoms with Gasteiger partial charge in [0.05, 0.1) is 0 Å². The van der Waals surface area contributed by atoms with Crippen LogP contribution in [0.25, 0.3) is 11.0 Å². The van der Waals surface area contributed by atoms with Crippen molar-refractivity contribution in [3.63, 3.8) is 0 Å². The van der Waals surface area contributed by atoms with Crippen molar-refractivity contribution in [2.45, 2.75) is 51.1 Å². The Morgan fingerprint density at radius 1 is 1.22 bits per heavy atom. The van der Waals surface area contributed by atoms with Crippen LogP contribution < -0.4 is 15.7 Å². The molecule has 2 aliphatic rings. The monoisotopic (exact) mass is 370 g/mol. The number of hydrogen-bond donors (Lipinski definition) is 1. The van der Waals surface area contributed by atoms with Crippen LogP contribution in [-0.4, -0.2) is 42.6 Å². The van der Waals surface area contributed by atoms with Gasteiger partial charge < -0.3 is 19.4 Å². The Hall–Kier alpha value is -2.34. The summed E-state index contributed by atoms with van der Waals surface area (Å²) in [6, 6.07) is 7.91. The zero-order valence-electron chi connectivity index (χ0n) is 15.7. The van der Waals surface area contributed by atoms with Gasteiger partial charge in [-0.2, -0.15) is 0 Å². The molecule has 1 saturated carbocycles. The molecule has 1 amide bonds. The highest BCUT2D eigenvalue weighted by molar-refractivity contribution is 5.82. The van der Waals surface area contributed by atoms with Crippen molar-refractivity contribution in [3.05, 3.63) is 40.2 Å². The molecule has 1 aromatic heterocycles. The summed E-state index contributed by atoms with van der Waals surface area (Å²) in [7, 11) is 0. The van der Waals surface area contributed by atoms with Crippen molar-refractivity contribution in [1.29, 1.82) is 0 Å². The van der Waals surface area contributed by atoms with E-state index in [0.717, 1.165) is 49.3 Å². The Kier molecular flexibility index (Phi) is 5.16. The van der Waals surface area contributed by atoms with Crippen LogP contribution >= 0.6 is 0 Å². The summed E-state index contributed by atoms with van der Waals surface area (Å²) in [5.74, 6) is 0.418. The normalized spacial score (nSPS) is 18.6. The molecule has 1 aliphatic carbocycles. The topological polar surface area (TPSA) is 71.8 Å². The highest BCUT2D eigenvalue weighted by Crippen LogP contribution is 2.29. The van der Waals surface area contributed by atoms with Crippen LogP contribution in [-0.2, 0) is 11.2 Å². The van der Waals surface area contributed by atoms with E-state index in [9.17, 15) is 9.59 Å². The summed E-state index contributed by atoms with van der Waals surface area (Å²) < 4.78 is 10.9. The van der Waals surface area contributed by atoms with Crippen molar-refractivity contribution >= 4 is 16.9 Å². The number of carbonyl (C=O) groups is 1. The fraction of sp³-hybridized carbons (Fsp3) is 0.524. The van der Waals surface area contributed by atoms with Crippen LogP contribution in [0.3, 0.4) is 0 Å². The molecule has 6 nitrogen and oxygen atoms in total. The van der Waals surface area contributed by atoms with E-state index in [0.29, 0.717) is 11.3 Å². The molecular formula is C21H26N2O4. The first kappa shape index (κ1) is 18.0. The number of nitrogens with zero attached hydrogens (tertiary/aromatic N) is 1. The first-order valence-electron chi connectivity index (χ1n) is 9.85. The van der Waals surface area contributed by atoms with Gasteiger partial charge in [-0.1, -0.05) is 6.92 Å². The summed E-state index contributed by atoms with van der Waals surface area (Å²) in [4.78, 5) is 26.4. The number of likely N-dealkylation sites (tertiary alicyclic amines) is 1. The predicted molar refractivity (Wildman–Crippen MR) is 103 cm³/mol. The first-order chi connectivity index (χ1) is 13.1. The lowest BCUT2D eigenvalue weighted by molar-refractivity contribution is -0.124. The van der Waals surface area contributed by atoms with Gasteiger partial charge in [-0.3, -0.25) is 4.79 Å². The van der Waals surface area contributed by atoms with Gasteiger partial charge in [0.2, 0.25) is 0 Å². The average molecular weight is 370 g/mol. The molecule has 1 saturated heterocycles. The SMILES string of the molecule is CCc1cc(=O)oc2cc(OCC(=O)NC3CCN(C4CC4)CC3)ccc12. The third-order valence-corrected chi connectivity index (χ3v) is 5.51. The minimum absolute atomic E-state index is 0.0357. The fourth-order valence-electron chi connectivity index (χ4n) is 3.86. The number of benzene rings is 1. The molecule has 0 atom stereocenters. The largest absolute Gasteiger partial charge is 0.484 e. The van der Waals surface area contributed by atoms with Crippen LogP contribution in [0.4, 0.5) is 0 Å². The Morgan fingerprint density at radius 3 is 2.70 bits per heavy atom. The third kappa shape index (κ3) is 4.33. The standard InChI is InChI=1S/C21H26N2O4/c1-2-14-11-21(25)27-19-12-17(5-6-18(14)19)26-13-20(24)22-15-7-9-23(10-8-15)16-3-4-16/h5-6,11-12,15-16H,2-4,7-10,13H2,1H3,(H,22,24). The van der Waals surface area contributed by atoms with Crippen molar-refractivity contribution in [2.24, 2.45) is 0 Å². The second-order valence-electron chi connectivity index (χ2n) is 7.50. The van der Waals surface area contributed by atoms with Gasteiger partial charge in [0.25, 0.3) is 5.91 Å². The molecular weight excluding hydrogens is 344 g/mol. The predicted octanol–water partition coefficient (Wildman–Crippen LogP) is 2.48. The number of carbonyl (C=O) groups excluding carboxylic acids is 1. The first-order valence-corrected chi connectivity index (χ1v) is 9.85. The van der Waals surface area contributed by atoms with Gasteiger partial charge in [-0.15, -0.1) is 0 Å². The number of piperidine rings is 1. The van der Waals surface area contributed by atoms with E-state index in [2.05, 4.69) is 10.2 Å². The number of hydrogen-bond acceptors (Lipinski definition) is 5. The smallest absolute Gasteiger partial charge is 0.336 e. The Labute approximate surface area is 158 Å². The van der Waals surface area contributed by atoms with Crippen molar-refractivity contribution in [3.8, 4) is 5.75 Å². The van der Waals surface area contributed by atoms with Gasteiger partial charge in [0.15, 0.2) is 6.61 Å². The molecule has 0 unspecified atom stereocenters. The molecule has 2 heterocycles. The number of rotatable bonds is 6. The highest BCUT2D eigenvalue weighted by atomic mass is 16.5. The molecule has 0 bridgehead atoms. The van der Waals surface area contributed by atoms with Crippen molar-refractivity contribution in [2.75, 3.05) is 19.7 Å². The van der Waals surface area contributed by atoms with E-state index in [1.807, 2.05) is 19.1 Å². The van der Waals surface area contributed by atoms with E-state index in [1.165, 1.54) is 18.9 Å². The molecule has 4 rings (SSSR count). The van der Waals surface area contributed by atoms with E-state index < -0.39 is 0 Å². The zero-order chi connectivity index (χ0) is 18.8. The van der Waals surface area contributed by atoms with Crippen LogP contribution in [0.2, 0.25) is 0 Å². The van der Waals surface area contributed by atoms with Crippen LogP contribution in [0.15, 0.2) is 33.5 Å². The minimum Gasteiger partial charge on any atom is -0.484 e. The van der Waals surface area contributed by atoms with E-state index >= 15 is 0 Å². The molecule has 2 fully saturated rings. The molecule has 1 aliphatic heterocycles. The second kappa shape index (κ2) is 7.72. The van der Waals surface area contributed by atoms with Gasteiger partial charge in [-0.05, 0) is 49.8 Å². The van der Waals surface area contributed by atoms with Crippen LogP contribution in [0.5, 0.6) is 5.75 Å². The summed E-state index contributed by atoms with van der Waals surface area (Å²) in [6.45, 7) is 4.10. The van der Waals surface area contributed by atoms with Crippen LogP contribution in [0, 0.1) is 0 Å². The fourth-order valence-corrected chi connectivity index (χ4v) is 3.86. The summed E-state index contributed by atoms with van der Waals surface area (Å²) in [5, 5.41) is 3.97. The number of aryl methyl sites for hydroxylation is 1. The maximum absolute atomic E-state index is 12.2. The molecule has 1 aromatic carbocycles. The summed E-state index contributed by atoms with van der Waals surface area (Å²) >= 11 is 0. The summed E-state index contributed by atoms with van der Waals surface area (Å²) in [6.07, 6.45) is 5.42. The Bertz CT molecular complexity index is 879. The number of nitrogens with one attached hydrogen (secondary N) is 1.